The molecule has 2 aliphatic heterocycles. The van der Waals surface area contributed by atoms with Crippen LogP contribution in [0.3, 0.4) is 0 Å². The van der Waals surface area contributed by atoms with Crippen molar-refractivity contribution in [1.82, 2.24) is 19.7 Å². The van der Waals surface area contributed by atoms with Gasteiger partial charge in [0.2, 0.25) is 0 Å². The van der Waals surface area contributed by atoms with Crippen LogP contribution in [0.25, 0.3) is 5.57 Å². The number of ether oxygens (including phenoxy) is 2. The van der Waals surface area contributed by atoms with Gasteiger partial charge in [-0.05, 0) is 18.2 Å². The highest BCUT2D eigenvalue weighted by atomic mass is 35.5. The van der Waals surface area contributed by atoms with Crippen molar-refractivity contribution in [2.24, 2.45) is 4.99 Å². The summed E-state index contributed by atoms with van der Waals surface area (Å²) in [5.41, 5.74) is -0.898. The number of aliphatic imine (C=N–C) groups is 1. The average molecular weight is 556 g/mol. The number of aromatic nitrogens is 3. The number of methoxy groups -OCH3 is 1. The summed E-state index contributed by atoms with van der Waals surface area (Å²) in [4.78, 5) is 22.2. The number of hydrogen-bond acceptors (Lipinski definition) is 8. The molecule has 0 aliphatic carbocycles. The van der Waals surface area contributed by atoms with Crippen molar-refractivity contribution >= 4 is 40.5 Å². The molecule has 0 N–H and O–H groups in total. The van der Waals surface area contributed by atoms with Gasteiger partial charge in [0.25, 0.3) is 0 Å². The first kappa shape index (κ1) is 25.2. The van der Waals surface area contributed by atoms with Crippen LogP contribution < -0.4 is 0 Å². The molecule has 0 saturated carbocycles. The van der Waals surface area contributed by atoms with E-state index < -0.39 is 36.8 Å². The highest BCUT2D eigenvalue weighted by Crippen LogP contribution is 2.49. The summed E-state index contributed by atoms with van der Waals surface area (Å²) in [6.45, 7) is -3.79. The smallest absolute Gasteiger partial charge is 0.438 e. The molecule has 14 heteroatoms. The molecule has 0 spiro atoms. The molecule has 1 aromatic carbocycles. The SMILES string of the molecule is COC(=O)OC[C@@]1(F)CC2=C(c3ccn(C(F)F)n3)[C@H](c3ccc(F)cc3Cl)N=C(c3nccs3)N2C1. The van der Waals surface area contributed by atoms with E-state index in [2.05, 4.69) is 14.8 Å². The number of fused-ring (bicyclic) bond motifs is 1. The molecule has 5 rings (SSSR count). The van der Waals surface area contributed by atoms with Crippen LogP contribution in [0.1, 0.15) is 35.3 Å². The van der Waals surface area contributed by atoms with Gasteiger partial charge in [0.15, 0.2) is 16.5 Å². The molecular formula is C23H18ClF4N5O3S. The third-order valence-corrected chi connectivity index (χ3v) is 7.02. The van der Waals surface area contributed by atoms with E-state index >= 15 is 4.39 Å². The number of benzene rings is 1. The van der Waals surface area contributed by atoms with Gasteiger partial charge in [0, 0.05) is 46.1 Å². The van der Waals surface area contributed by atoms with Crippen LogP contribution in [-0.4, -0.2) is 57.6 Å². The molecule has 2 aliphatic rings. The van der Waals surface area contributed by atoms with Crippen LogP contribution >= 0.6 is 22.9 Å². The molecule has 0 bridgehead atoms. The molecule has 0 unspecified atom stereocenters. The number of amidine groups is 1. The minimum atomic E-state index is -2.90. The number of hydrogen-bond donors (Lipinski definition) is 0. The van der Waals surface area contributed by atoms with Crippen molar-refractivity contribution in [2.75, 3.05) is 20.3 Å². The Labute approximate surface area is 216 Å². The van der Waals surface area contributed by atoms with Gasteiger partial charge in [-0.2, -0.15) is 13.9 Å². The minimum Gasteiger partial charge on any atom is -0.438 e. The van der Waals surface area contributed by atoms with Crippen molar-refractivity contribution < 1.29 is 31.8 Å². The van der Waals surface area contributed by atoms with Crippen LogP contribution in [0.2, 0.25) is 5.02 Å². The summed E-state index contributed by atoms with van der Waals surface area (Å²) < 4.78 is 66.6. The number of rotatable bonds is 6. The Bertz CT molecular complexity index is 1400. The Morgan fingerprint density at radius 2 is 2.16 bits per heavy atom. The predicted octanol–water partition coefficient (Wildman–Crippen LogP) is 5.64. The number of nitrogens with zero attached hydrogens (tertiary/aromatic N) is 5. The molecule has 194 valence electrons. The fourth-order valence-electron chi connectivity index (χ4n) is 4.36. The summed E-state index contributed by atoms with van der Waals surface area (Å²) in [7, 11) is 1.11. The zero-order valence-corrected chi connectivity index (χ0v) is 20.6. The van der Waals surface area contributed by atoms with E-state index in [1.807, 2.05) is 0 Å². The molecule has 1 fully saturated rings. The Morgan fingerprint density at radius 1 is 1.35 bits per heavy atom. The fraction of sp³-hybridized carbons (Fsp3) is 0.304. The van der Waals surface area contributed by atoms with Gasteiger partial charge in [-0.3, -0.25) is 4.99 Å². The molecule has 0 amide bonds. The largest absolute Gasteiger partial charge is 0.508 e. The van der Waals surface area contributed by atoms with E-state index in [0.29, 0.717) is 32.4 Å². The van der Waals surface area contributed by atoms with Crippen molar-refractivity contribution in [3.05, 3.63) is 74.8 Å². The molecule has 2 aromatic heterocycles. The number of carbonyl (C=O) groups excluding carboxylic acids is 1. The van der Waals surface area contributed by atoms with Crippen molar-refractivity contribution in [1.29, 1.82) is 0 Å². The minimum absolute atomic E-state index is 0.0469. The highest BCUT2D eigenvalue weighted by Gasteiger charge is 2.49. The van der Waals surface area contributed by atoms with Crippen LogP contribution in [0, 0.1) is 5.82 Å². The third kappa shape index (κ3) is 4.80. The van der Waals surface area contributed by atoms with E-state index in [0.717, 1.165) is 19.4 Å². The zero-order valence-electron chi connectivity index (χ0n) is 19.1. The number of allylic oxidation sites excluding steroid dienone is 1. The molecule has 1 saturated heterocycles. The van der Waals surface area contributed by atoms with Gasteiger partial charge in [-0.25, -0.2) is 23.2 Å². The number of halogens is 5. The quantitative estimate of drug-likeness (QED) is 0.289. The van der Waals surface area contributed by atoms with E-state index in [-0.39, 0.29) is 23.7 Å². The van der Waals surface area contributed by atoms with Crippen LogP contribution in [0.4, 0.5) is 22.4 Å². The summed E-state index contributed by atoms with van der Waals surface area (Å²) in [6.07, 6.45) is 1.35. The first-order chi connectivity index (χ1) is 17.7. The maximum Gasteiger partial charge on any atom is 0.508 e. The first-order valence-electron chi connectivity index (χ1n) is 10.9. The van der Waals surface area contributed by atoms with Crippen molar-refractivity contribution in [3.8, 4) is 0 Å². The molecule has 8 nitrogen and oxygen atoms in total. The maximum atomic E-state index is 16.1. The average Bonchev–Trinajstić information content (AvgIpc) is 3.62. The molecule has 37 heavy (non-hydrogen) atoms. The lowest BCUT2D eigenvalue weighted by molar-refractivity contribution is 0.0204. The van der Waals surface area contributed by atoms with E-state index in [1.54, 1.807) is 16.5 Å². The van der Waals surface area contributed by atoms with Crippen LogP contribution in [0.5, 0.6) is 0 Å². The molecule has 0 radical (unpaired) electrons. The topological polar surface area (TPSA) is 81.8 Å². The maximum absolute atomic E-state index is 16.1. The lowest BCUT2D eigenvalue weighted by Gasteiger charge is -2.32. The number of carbonyl (C=O) groups is 1. The first-order valence-corrected chi connectivity index (χ1v) is 12.1. The lowest BCUT2D eigenvalue weighted by atomic mass is 9.91. The molecule has 3 aromatic rings. The second-order valence-electron chi connectivity index (χ2n) is 8.33. The lowest BCUT2D eigenvalue weighted by Crippen LogP contribution is -2.38. The highest BCUT2D eigenvalue weighted by molar-refractivity contribution is 7.11. The fourth-order valence-corrected chi connectivity index (χ4v) is 5.27. The Morgan fingerprint density at radius 3 is 2.81 bits per heavy atom. The van der Waals surface area contributed by atoms with Gasteiger partial charge in [-0.1, -0.05) is 17.7 Å². The Balaban J connectivity index is 1.69. The Hall–Kier alpha value is -3.45. The van der Waals surface area contributed by atoms with Crippen molar-refractivity contribution in [2.45, 2.75) is 24.7 Å². The second kappa shape index (κ2) is 9.78. The van der Waals surface area contributed by atoms with Crippen LogP contribution in [-0.2, 0) is 9.47 Å². The summed E-state index contributed by atoms with van der Waals surface area (Å²) in [5.74, 6) is -0.264. The summed E-state index contributed by atoms with van der Waals surface area (Å²) in [5, 5.41) is 6.23. The van der Waals surface area contributed by atoms with Crippen LogP contribution in [0.15, 0.2) is 52.7 Å². The number of alkyl halides is 3. The number of thiazole rings is 1. The standard InChI is InChI=1S/C23H18ClF4N5O3S/c1-35-22(34)36-11-23(28)9-16-17(15-4-6-33(31-15)21(26)27)18(13-3-2-12(25)8-14(13)24)30-19(32(16)10-23)20-29-5-7-37-20/h2-8,18,21H,9-11H2,1H3/t18-,23+/m0/s1. The van der Waals surface area contributed by atoms with E-state index in [1.165, 1.54) is 29.5 Å². The predicted molar refractivity (Wildman–Crippen MR) is 127 cm³/mol. The van der Waals surface area contributed by atoms with Gasteiger partial charge in [0.1, 0.15) is 18.5 Å². The van der Waals surface area contributed by atoms with Gasteiger partial charge >= 0.3 is 12.7 Å². The summed E-state index contributed by atoms with van der Waals surface area (Å²) in [6, 6.07) is 4.17. The van der Waals surface area contributed by atoms with Gasteiger partial charge < -0.3 is 14.4 Å². The zero-order chi connectivity index (χ0) is 26.3. The second-order valence-corrected chi connectivity index (χ2v) is 9.64. The molecule has 2 atom stereocenters. The third-order valence-electron chi connectivity index (χ3n) is 5.92. The summed E-state index contributed by atoms with van der Waals surface area (Å²) >= 11 is 7.66. The van der Waals surface area contributed by atoms with E-state index in [9.17, 15) is 18.0 Å². The Kier molecular flexibility index (Phi) is 6.67. The van der Waals surface area contributed by atoms with E-state index in [4.69, 9.17) is 21.3 Å². The normalized spacial score (nSPS) is 21.3. The molecular weight excluding hydrogens is 538 g/mol. The molecule has 4 heterocycles. The van der Waals surface area contributed by atoms with Gasteiger partial charge in [-0.15, -0.1) is 11.3 Å². The van der Waals surface area contributed by atoms with Crippen molar-refractivity contribution in [3.63, 3.8) is 0 Å². The monoisotopic (exact) mass is 555 g/mol. The van der Waals surface area contributed by atoms with Gasteiger partial charge in [0.05, 0.1) is 19.3 Å².